The van der Waals surface area contributed by atoms with Gasteiger partial charge in [0.05, 0.1) is 12.2 Å². The summed E-state index contributed by atoms with van der Waals surface area (Å²) in [6.45, 7) is 6.32. The van der Waals surface area contributed by atoms with Crippen LogP contribution in [0.4, 0.5) is 5.69 Å². The number of hydrogen-bond donors (Lipinski definition) is 2. The van der Waals surface area contributed by atoms with E-state index in [0.29, 0.717) is 17.3 Å². The molecule has 0 spiro atoms. The van der Waals surface area contributed by atoms with Gasteiger partial charge in [0.25, 0.3) is 0 Å². The third-order valence-corrected chi connectivity index (χ3v) is 6.10. The van der Waals surface area contributed by atoms with Gasteiger partial charge in [0, 0.05) is 23.5 Å². The van der Waals surface area contributed by atoms with E-state index in [2.05, 4.69) is 34.2 Å². The first kappa shape index (κ1) is 23.1. The van der Waals surface area contributed by atoms with E-state index in [1.165, 1.54) is 0 Å². The van der Waals surface area contributed by atoms with E-state index in [-0.39, 0.29) is 11.3 Å². The van der Waals surface area contributed by atoms with Gasteiger partial charge in [-0.15, -0.1) is 11.8 Å². The summed E-state index contributed by atoms with van der Waals surface area (Å²) in [5, 5.41) is 13.8. The first-order chi connectivity index (χ1) is 14.8. The molecule has 0 amide bonds. The van der Waals surface area contributed by atoms with Crippen LogP contribution in [0.1, 0.15) is 47.6 Å². The summed E-state index contributed by atoms with van der Waals surface area (Å²) in [5.74, 6) is 6.48. The zero-order valence-electron chi connectivity index (χ0n) is 17.8. The van der Waals surface area contributed by atoms with Crippen LogP contribution in [0.5, 0.6) is 0 Å². The SMILES string of the molecule is CCOC(=O)c1ccc(NC(=S)N2CCS[C@H]2c2ccc(C#CC(C)(C)O)cc2)cc1. The van der Waals surface area contributed by atoms with Crippen molar-refractivity contribution in [3.8, 4) is 11.8 Å². The van der Waals surface area contributed by atoms with Crippen molar-refractivity contribution in [2.24, 2.45) is 0 Å². The number of anilines is 1. The molecule has 1 atom stereocenters. The maximum absolute atomic E-state index is 11.8. The molecule has 0 aromatic heterocycles. The lowest BCUT2D eigenvalue weighted by Crippen LogP contribution is -2.34. The summed E-state index contributed by atoms with van der Waals surface area (Å²) >= 11 is 7.51. The Morgan fingerprint density at radius 1 is 1.26 bits per heavy atom. The van der Waals surface area contributed by atoms with Crippen LogP contribution in [0.3, 0.4) is 0 Å². The molecule has 0 radical (unpaired) electrons. The molecule has 1 aliphatic heterocycles. The summed E-state index contributed by atoms with van der Waals surface area (Å²) in [6, 6.07) is 15.2. The molecule has 0 aliphatic carbocycles. The van der Waals surface area contributed by atoms with Crippen molar-refractivity contribution in [2.45, 2.75) is 31.7 Å². The number of benzene rings is 2. The van der Waals surface area contributed by atoms with Crippen molar-refractivity contribution in [1.29, 1.82) is 0 Å². The average molecular weight is 455 g/mol. The number of thioether (sulfide) groups is 1. The van der Waals surface area contributed by atoms with Crippen LogP contribution in [0.25, 0.3) is 0 Å². The summed E-state index contributed by atoms with van der Waals surface area (Å²) in [7, 11) is 0. The molecule has 0 bridgehead atoms. The molecule has 7 heteroatoms. The van der Waals surface area contributed by atoms with Gasteiger partial charge in [-0.1, -0.05) is 24.0 Å². The number of hydrogen-bond acceptors (Lipinski definition) is 5. The van der Waals surface area contributed by atoms with Gasteiger partial charge in [-0.25, -0.2) is 4.79 Å². The predicted octanol–water partition coefficient (Wildman–Crippen LogP) is 4.43. The molecule has 1 saturated heterocycles. The largest absolute Gasteiger partial charge is 0.462 e. The zero-order valence-corrected chi connectivity index (χ0v) is 19.5. The number of esters is 1. The Balaban J connectivity index is 1.66. The van der Waals surface area contributed by atoms with E-state index in [1.54, 1.807) is 32.9 Å². The van der Waals surface area contributed by atoms with Crippen molar-refractivity contribution in [2.75, 3.05) is 24.2 Å². The van der Waals surface area contributed by atoms with Crippen LogP contribution < -0.4 is 5.32 Å². The van der Waals surface area contributed by atoms with Gasteiger partial charge in [-0.2, -0.15) is 0 Å². The molecule has 2 aromatic rings. The summed E-state index contributed by atoms with van der Waals surface area (Å²) < 4.78 is 5.02. The molecular formula is C24H26N2O3S2. The number of carbonyl (C=O) groups is 1. The van der Waals surface area contributed by atoms with Crippen molar-refractivity contribution < 1.29 is 14.6 Å². The van der Waals surface area contributed by atoms with Crippen LogP contribution in [-0.4, -0.2) is 45.6 Å². The lowest BCUT2D eigenvalue weighted by Gasteiger charge is -2.27. The van der Waals surface area contributed by atoms with E-state index in [4.69, 9.17) is 17.0 Å². The maximum atomic E-state index is 11.8. The van der Waals surface area contributed by atoms with Crippen molar-refractivity contribution >= 4 is 40.7 Å². The average Bonchev–Trinajstić information content (AvgIpc) is 3.23. The summed E-state index contributed by atoms with van der Waals surface area (Å²) in [6.07, 6.45) is 0. The Hall–Kier alpha value is -2.53. The zero-order chi connectivity index (χ0) is 22.4. The molecule has 31 heavy (non-hydrogen) atoms. The quantitative estimate of drug-likeness (QED) is 0.403. The summed E-state index contributed by atoms with van der Waals surface area (Å²) in [4.78, 5) is 14.0. The lowest BCUT2D eigenvalue weighted by molar-refractivity contribution is 0.0526. The van der Waals surface area contributed by atoms with Crippen LogP contribution >= 0.6 is 24.0 Å². The molecule has 0 saturated carbocycles. The Bertz CT molecular complexity index is 987. The molecule has 1 aliphatic rings. The molecule has 0 unspecified atom stereocenters. The van der Waals surface area contributed by atoms with Gasteiger partial charge in [-0.05, 0) is 75.0 Å². The Morgan fingerprint density at radius 3 is 2.55 bits per heavy atom. The van der Waals surface area contributed by atoms with Gasteiger partial charge in [0.1, 0.15) is 11.0 Å². The highest BCUT2D eigenvalue weighted by Gasteiger charge is 2.28. The third-order valence-electron chi connectivity index (χ3n) is 4.51. The highest BCUT2D eigenvalue weighted by atomic mass is 32.2. The van der Waals surface area contributed by atoms with Gasteiger partial charge >= 0.3 is 5.97 Å². The molecular weight excluding hydrogens is 428 g/mol. The lowest BCUT2D eigenvalue weighted by atomic mass is 10.1. The smallest absolute Gasteiger partial charge is 0.338 e. The van der Waals surface area contributed by atoms with Crippen LogP contribution in [0.2, 0.25) is 0 Å². The number of rotatable bonds is 4. The van der Waals surface area contributed by atoms with E-state index >= 15 is 0 Å². The highest BCUT2D eigenvalue weighted by molar-refractivity contribution is 7.99. The predicted molar refractivity (Wildman–Crippen MR) is 130 cm³/mol. The van der Waals surface area contributed by atoms with Crippen LogP contribution in [-0.2, 0) is 4.74 Å². The van der Waals surface area contributed by atoms with E-state index < -0.39 is 5.60 Å². The van der Waals surface area contributed by atoms with Crippen LogP contribution in [0.15, 0.2) is 48.5 Å². The van der Waals surface area contributed by atoms with Crippen molar-refractivity contribution in [3.63, 3.8) is 0 Å². The Kier molecular flexibility index (Phi) is 7.60. The second-order valence-corrected chi connectivity index (χ2v) is 9.15. The molecule has 3 rings (SSSR count). The molecule has 5 nitrogen and oxygen atoms in total. The Labute approximate surface area is 193 Å². The maximum Gasteiger partial charge on any atom is 0.338 e. The Morgan fingerprint density at radius 2 is 1.94 bits per heavy atom. The van der Waals surface area contributed by atoms with Gasteiger partial charge in [0.2, 0.25) is 0 Å². The minimum absolute atomic E-state index is 0.120. The first-order valence-electron chi connectivity index (χ1n) is 10.1. The number of ether oxygens (including phenoxy) is 1. The third kappa shape index (κ3) is 6.47. The molecule has 1 fully saturated rings. The van der Waals surface area contributed by atoms with E-state index in [0.717, 1.165) is 29.1 Å². The van der Waals surface area contributed by atoms with Crippen molar-refractivity contribution in [1.82, 2.24) is 4.90 Å². The minimum Gasteiger partial charge on any atom is -0.462 e. The standard InChI is InChI=1S/C24H26N2O3S2/c1-4-29-22(27)19-9-11-20(12-10-19)25-23(30)26-15-16-31-21(26)18-7-5-17(6-8-18)13-14-24(2,3)28/h5-12,21,28H,4,15-16H2,1-3H3,(H,25,30)/t21-/m0/s1. The van der Waals surface area contributed by atoms with Gasteiger partial charge in [-0.3, -0.25) is 0 Å². The van der Waals surface area contributed by atoms with Gasteiger partial charge in [0.15, 0.2) is 5.11 Å². The summed E-state index contributed by atoms with van der Waals surface area (Å²) in [5.41, 5.74) is 2.34. The second-order valence-electron chi connectivity index (χ2n) is 7.58. The number of aliphatic hydroxyl groups is 1. The van der Waals surface area contributed by atoms with Crippen LogP contribution in [0, 0.1) is 11.8 Å². The topological polar surface area (TPSA) is 61.8 Å². The monoisotopic (exact) mass is 454 g/mol. The molecule has 162 valence electrons. The molecule has 2 aromatic carbocycles. The minimum atomic E-state index is -1.01. The highest BCUT2D eigenvalue weighted by Crippen LogP contribution is 2.38. The van der Waals surface area contributed by atoms with Crippen molar-refractivity contribution in [3.05, 3.63) is 65.2 Å². The second kappa shape index (κ2) is 10.2. The number of nitrogens with zero attached hydrogens (tertiary/aromatic N) is 1. The number of carbonyl (C=O) groups excluding carboxylic acids is 1. The van der Waals surface area contributed by atoms with E-state index in [9.17, 15) is 9.90 Å². The fourth-order valence-electron chi connectivity index (χ4n) is 3.01. The molecule has 1 heterocycles. The van der Waals surface area contributed by atoms with E-state index in [1.807, 2.05) is 36.0 Å². The molecule has 2 N–H and O–H groups in total. The number of nitrogens with one attached hydrogen (secondary N) is 1. The normalized spacial score (nSPS) is 15.7. The van der Waals surface area contributed by atoms with Gasteiger partial charge < -0.3 is 20.1 Å². The first-order valence-corrected chi connectivity index (χ1v) is 11.5. The fraction of sp³-hybridized carbons (Fsp3) is 0.333. The number of thiocarbonyl (C=S) groups is 1. The fourth-order valence-corrected chi connectivity index (χ4v) is 4.66.